The molecule has 2 N–H and O–H groups in total. The largest absolute Gasteiger partial charge is 0.342 e. The van der Waals surface area contributed by atoms with Crippen LogP contribution in [-0.4, -0.2) is 44.3 Å². The van der Waals surface area contributed by atoms with Crippen LogP contribution in [0, 0.1) is 11.7 Å². The molecule has 2 atom stereocenters. The molecule has 0 bridgehead atoms. The van der Waals surface area contributed by atoms with Crippen molar-refractivity contribution in [3.05, 3.63) is 59.9 Å². The van der Waals surface area contributed by atoms with Gasteiger partial charge in [-0.25, -0.2) is 17.5 Å². The lowest BCUT2D eigenvalue weighted by molar-refractivity contribution is -0.128. The highest BCUT2D eigenvalue weighted by molar-refractivity contribution is 7.89. The Morgan fingerprint density at radius 2 is 1.81 bits per heavy atom. The van der Waals surface area contributed by atoms with Gasteiger partial charge >= 0.3 is 0 Å². The highest BCUT2D eigenvalue weighted by atomic mass is 32.2. The summed E-state index contributed by atoms with van der Waals surface area (Å²) in [6, 6.07) is 11.9. The molecule has 1 heterocycles. The molecule has 1 aliphatic heterocycles. The van der Waals surface area contributed by atoms with Crippen molar-refractivity contribution in [3.8, 4) is 0 Å². The SMILES string of the molecule is CC[C@@H](C)NS(=O)(=O)c1ccc(NC(=O)[C@@H]2CC(=O)N(CCc3ccc(F)cc3)C2)cc1. The maximum atomic E-state index is 13.0. The van der Waals surface area contributed by atoms with Gasteiger partial charge in [-0.2, -0.15) is 0 Å². The predicted molar refractivity (Wildman–Crippen MR) is 120 cm³/mol. The number of sulfonamides is 1. The molecule has 172 valence electrons. The molecule has 0 saturated carbocycles. The lowest BCUT2D eigenvalue weighted by atomic mass is 10.1. The minimum absolute atomic E-state index is 0.0928. The molecule has 9 heteroatoms. The molecule has 1 fully saturated rings. The smallest absolute Gasteiger partial charge is 0.240 e. The van der Waals surface area contributed by atoms with Crippen LogP contribution < -0.4 is 10.0 Å². The van der Waals surface area contributed by atoms with E-state index in [-0.39, 0.29) is 35.0 Å². The first-order valence-corrected chi connectivity index (χ1v) is 12.1. The number of nitrogens with one attached hydrogen (secondary N) is 2. The van der Waals surface area contributed by atoms with Crippen molar-refractivity contribution in [1.82, 2.24) is 9.62 Å². The molecular weight excluding hydrogens is 433 g/mol. The van der Waals surface area contributed by atoms with E-state index < -0.39 is 15.9 Å². The molecule has 2 amide bonds. The topological polar surface area (TPSA) is 95.6 Å². The number of amides is 2. The molecule has 0 spiro atoms. The first kappa shape index (κ1) is 23.9. The second kappa shape index (κ2) is 10.2. The Hall–Kier alpha value is -2.78. The molecule has 3 rings (SSSR count). The molecule has 0 aliphatic carbocycles. The van der Waals surface area contributed by atoms with Crippen molar-refractivity contribution < 1.29 is 22.4 Å². The number of carbonyl (C=O) groups excluding carboxylic acids is 2. The zero-order chi connectivity index (χ0) is 23.3. The zero-order valence-corrected chi connectivity index (χ0v) is 19.0. The summed E-state index contributed by atoms with van der Waals surface area (Å²) in [6.07, 6.45) is 1.38. The maximum Gasteiger partial charge on any atom is 0.240 e. The number of carbonyl (C=O) groups is 2. The molecule has 0 unspecified atom stereocenters. The van der Waals surface area contributed by atoms with E-state index in [9.17, 15) is 22.4 Å². The Bertz CT molecular complexity index is 1060. The van der Waals surface area contributed by atoms with E-state index in [2.05, 4.69) is 10.0 Å². The average molecular weight is 462 g/mol. The van der Waals surface area contributed by atoms with Crippen molar-refractivity contribution in [3.63, 3.8) is 0 Å². The van der Waals surface area contributed by atoms with Gasteiger partial charge in [-0.3, -0.25) is 9.59 Å². The Morgan fingerprint density at radius 3 is 2.44 bits per heavy atom. The van der Waals surface area contributed by atoms with Gasteiger partial charge in [0.05, 0.1) is 10.8 Å². The van der Waals surface area contributed by atoms with E-state index in [1.807, 2.05) is 6.92 Å². The Labute approximate surface area is 188 Å². The van der Waals surface area contributed by atoms with E-state index in [1.165, 1.54) is 36.4 Å². The lowest BCUT2D eigenvalue weighted by Crippen LogP contribution is -2.32. The summed E-state index contributed by atoms with van der Waals surface area (Å²) >= 11 is 0. The number of likely N-dealkylation sites (tertiary alicyclic amines) is 1. The normalized spacial score (nSPS) is 17.4. The number of rotatable bonds is 9. The highest BCUT2D eigenvalue weighted by Gasteiger charge is 2.34. The third kappa shape index (κ3) is 6.14. The van der Waals surface area contributed by atoms with Crippen LogP contribution in [0.2, 0.25) is 0 Å². The minimum atomic E-state index is -3.61. The number of hydrogen-bond donors (Lipinski definition) is 2. The van der Waals surface area contributed by atoms with Gasteiger partial charge in [-0.05, 0) is 61.7 Å². The van der Waals surface area contributed by atoms with Gasteiger partial charge in [-0.1, -0.05) is 19.1 Å². The van der Waals surface area contributed by atoms with Crippen LogP contribution in [0.25, 0.3) is 0 Å². The van der Waals surface area contributed by atoms with Crippen LogP contribution in [0.5, 0.6) is 0 Å². The van der Waals surface area contributed by atoms with Gasteiger partial charge < -0.3 is 10.2 Å². The fraction of sp³-hybridized carbons (Fsp3) is 0.391. The van der Waals surface area contributed by atoms with Gasteiger partial charge in [0, 0.05) is 31.2 Å². The molecule has 1 saturated heterocycles. The van der Waals surface area contributed by atoms with Crippen LogP contribution in [0.15, 0.2) is 53.4 Å². The Balaban J connectivity index is 1.54. The number of halogens is 1. The Morgan fingerprint density at radius 1 is 1.16 bits per heavy atom. The average Bonchev–Trinajstić information content (AvgIpc) is 3.14. The molecule has 7 nitrogen and oxygen atoms in total. The summed E-state index contributed by atoms with van der Waals surface area (Å²) < 4.78 is 40.3. The zero-order valence-electron chi connectivity index (χ0n) is 18.2. The number of benzene rings is 2. The fourth-order valence-electron chi connectivity index (χ4n) is 3.46. The monoisotopic (exact) mass is 461 g/mol. The van der Waals surface area contributed by atoms with E-state index in [0.29, 0.717) is 31.6 Å². The lowest BCUT2D eigenvalue weighted by Gasteiger charge is -2.17. The van der Waals surface area contributed by atoms with Gasteiger partial charge in [0.15, 0.2) is 0 Å². The molecular formula is C23H28FN3O4S. The van der Waals surface area contributed by atoms with Gasteiger partial charge in [0.1, 0.15) is 5.82 Å². The second-order valence-corrected chi connectivity index (χ2v) is 9.78. The van der Waals surface area contributed by atoms with Crippen LogP contribution in [0.3, 0.4) is 0 Å². The van der Waals surface area contributed by atoms with Gasteiger partial charge in [0.2, 0.25) is 21.8 Å². The quantitative estimate of drug-likeness (QED) is 0.600. The predicted octanol–water partition coefficient (Wildman–Crippen LogP) is 2.93. The summed E-state index contributed by atoms with van der Waals surface area (Å²) in [4.78, 5) is 26.7. The molecule has 32 heavy (non-hydrogen) atoms. The maximum absolute atomic E-state index is 13.0. The summed E-state index contributed by atoms with van der Waals surface area (Å²) in [5.74, 6) is -1.16. The molecule has 2 aromatic rings. The number of nitrogens with zero attached hydrogens (tertiary/aromatic N) is 1. The van der Waals surface area contributed by atoms with Crippen molar-refractivity contribution >= 4 is 27.5 Å². The summed E-state index contributed by atoms with van der Waals surface area (Å²) in [5, 5.41) is 2.76. The fourth-order valence-corrected chi connectivity index (χ4v) is 4.78. The van der Waals surface area contributed by atoms with Crippen molar-refractivity contribution in [2.24, 2.45) is 5.92 Å². The van der Waals surface area contributed by atoms with E-state index in [0.717, 1.165) is 5.56 Å². The number of anilines is 1. The first-order valence-electron chi connectivity index (χ1n) is 10.6. The van der Waals surface area contributed by atoms with Gasteiger partial charge in [-0.15, -0.1) is 0 Å². The summed E-state index contributed by atoms with van der Waals surface area (Å²) in [6.45, 7) is 4.46. The van der Waals surface area contributed by atoms with E-state index in [4.69, 9.17) is 0 Å². The van der Waals surface area contributed by atoms with E-state index in [1.54, 1.807) is 24.0 Å². The standard InChI is InChI=1S/C23H28FN3O4S/c1-3-16(2)26-32(30,31)21-10-8-20(9-11-21)25-23(29)18-14-22(28)27(15-18)13-12-17-4-6-19(24)7-5-17/h4-11,16,18,26H,3,12-15H2,1-2H3,(H,25,29)/t16-,18-/m1/s1. The summed E-state index contributed by atoms with van der Waals surface area (Å²) in [5.41, 5.74) is 1.39. The third-order valence-corrected chi connectivity index (χ3v) is 7.18. The van der Waals surface area contributed by atoms with Gasteiger partial charge in [0.25, 0.3) is 0 Å². The molecule has 0 radical (unpaired) electrons. The molecule has 0 aromatic heterocycles. The minimum Gasteiger partial charge on any atom is -0.342 e. The first-order chi connectivity index (χ1) is 15.2. The Kier molecular flexibility index (Phi) is 7.63. The van der Waals surface area contributed by atoms with Crippen molar-refractivity contribution in [1.29, 1.82) is 0 Å². The van der Waals surface area contributed by atoms with Crippen molar-refractivity contribution in [2.45, 2.75) is 44.0 Å². The van der Waals surface area contributed by atoms with Crippen LogP contribution in [-0.2, 0) is 26.0 Å². The number of hydrogen-bond acceptors (Lipinski definition) is 4. The van der Waals surface area contributed by atoms with Crippen LogP contribution >= 0.6 is 0 Å². The van der Waals surface area contributed by atoms with E-state index >= 15 is 0 Å². The molecule has 1 aliphatic rings. The summed E-state index contributed by atoms with van der Waals surface area (Å²) in [7, 11) is -3.61. The van der Waals surface area contributed by atoms with Crippen molar-refractivity contribution in [2.75, 3.05) is 18.4 Å². The molecule has 2 aromatic carbocycles. The highest BCUT2D eigenvalue weighted by Crippen LogP contribution is 2.21. The second-order valence-electron chi connectivity index (χ2n) is 8.06. The van der Waals surface area contributed by atoms with Crippen LogP contribution in [0.1, 0.15) is 32.3 Å². The van der Waals surface area contributed by atoms with Crippen LogP contribution in [0.4, 0.5) is 10.1 Å². The third-order valence-electron chi connectivity index (χ3n) is 5.57.